The zero-order valence-electron chi connectivity index (χ0n) is 8.93. The van der Waals surface area contributed by atoms with Crippen molar-refractivity contribution in [1.29, 1.82) is 0 Å². The van der Waals surface area contributed by atoms with E-state index >= 15 is 0 Å². The summed E-state index contributed by atoms with van der Waals surface area (Å²) in [5, 5.41) is 0. The molecule has 0 radical (unpaired) electrons. The Balaban J connectivity index is 2.44. The topological polar surface area (TPSA) is 69.4 Å². The summed E-state index contributed by atoms with van der Waals surface area (Å²) >= 11 is 0. The van der Waals surface area contributed by atoms with E-state index in [2.05, 4.69) is 6.58 Å². The van der Waals surface area contributed by atoms with E-state index in [1.807, 2.05) is 0 Å². The minimum Gasteiger partial charge on any atom is -0.492 e. The summed E-state index contributed by atoms with van der Waals surface area (Å²) in [6.45, 7) is 3.51. The molecule has 88 valence electrons. The standard InChI is InChI=1S/C11H15NO3S/c1-2-7-16(13,14)8-6-15-11-5-3-4-10(12)9-11/h2-5,9H,1,6-8,12H2. The maximum absolute atomic E-state index is 11.3. The van der Waals surface area contributed by atoms with Crippen molar-refractivity contribution < 1.29 is 13.2 Å². The number of nitrogens with two attached hydrogens (primary N) is 1. The molecule has 0 bridgehead atoms. The molecule has 2 N–H and O–H groups in total. The van der Waals surface area contributed by atoms with Crippen molar-refractivity contribution in [3.05, 3.63) is 36.9 Å². The molecule has 0 aliphatic heterocycles. The van der Waals surface area contributed by atoms with Crippen LogP contribution in [-0.4, -0.2) is 26.5 Å². The minimum atomic E-state index is -3.09. The van der Waals surface area contributed by atoms with E-state index in [1.54, 1.807) is 24.3 Å². The molecule has 1 aromatic carbocycles. The van der Waals surface area contributed by atoms with Crippen molar-refractivity contribution in [2.45, 2.75) is 0 Å². The molecule has 1 aromatic rings. The molecule has 0 aliphatic rings. The molecule has 0 fully saturated rings. The first-order valence-electron chi connectivity index (χ1n) is 4.83. The Kier molecular flexibility index (Phi) is 4.37. The average Bonchev–Trinajstić information content (AvgIpc) is 2.17. The number of hydrogen-bond donors (Lipinski definition) is 1. The lowest BCUT2D eigenvalue weighted by atomic mass is 10.3. The van der Waals surface area contributed by atoms with Gasteiger partial charge in [0.25, 0.3) is 0 Å². The monoisotopic (exact) mass is 241 g/mol. The quantitative estimate of drug-likeness (QED) is 0.601. The summed E-state index contributed by atoms with van der Waals surface area (Å²) in [6.07, 6.45) is 1.37. The lowest BCUT2D eigenvalue weighted by molar-refractivity contribution is 0.341. The molecular weight excluding hydrogens is 226 g/mol. The van der Waals surface area contributed by atoms with Gasteiger partial charge < -0.3 is 10.5 Å². The van der Waals surface area contributed by atoms with E-state index in [1.165, 1.54) is 6.08 Å². The largest absolute Gasteiger partial charge is 0.492 e. The Morgan fingerprint density at radius 2 is 2.19 bits per heavy atom. The number of sulfone groups is 1. The summed E-state index contributed by atoms with van der Waals surface area (Å²) in [5.74, 6) is 0.537. The highest BCUT2D eigenvalue weighted by molar-refractivity contribution is 7.91. The van der Waals surface area contributed by atoms with Crippen LogP contribution >= 0.6 is 0 Å². The van der Waals surface area contributed by atoms with Crippen LogP contribution < -0.4 is 10.5 Å². The Morgan fingerprint density at radius 1 is 1.44 bits per heavy atom. The van der Waals surface area contributed by atoms with Crippen molar-refractivity contribution in [3.8, 4) is 5.75 Å². The molecule has 4 nitrogen and oxygen atoms in total. The second kappa shape index (κ2) is 5.55. The number of hydrogen-bond acceptors (Lipinski definition) is 4. The van der Waals surface area contributed by atoms with Crippen molar-refractivity contribution >= 4 is 15.5 Å². The molecule has 1 rings (SSSR count). The van der Waals surface area contributed by atoms with Gasteiger partial charge in [-0.2, -0.15) is 0 Å². The van der Waals surface area contributed by atoms with Crippen LogP contribution in [0.15, 0.2) is 36.9 Å². The molecule has 0 heterocycles. The van der Waals surface area contributed by atoms with Crippen molar-refractivity contribution in [3.63, 3.8) is 0 Å². The molecule has 16 heavy (non-hydrogen) atoms. The van der Waals surface area contributed by atoms with Gasteiger partial charge in [0.2, 0.25) is 0 Å². The highest BCUT2D eigenvalue weighted by Crippen LogP contribution is 2.14. The fourth-order valence-electron chi connectivity index (χ4n) is 1.15. The van der Waals surface area contributed by atoms with E-state index in [-0.39, 0.29) is 18.1 Å². The summed E-state index contributed by atoms with van der Waals surface area (Å²) in [7, 11) is -3.09. The van der Waals surface area contributed by atoms with E-state index in [0.29, 0.717) is 11.4 Å². The van der Waals surface area contributed by atoms with Gasteiger partial charge in [-0.05, 0) is 12.1 Å². The van der Waals surface area contributed by atoms with Crippen LogP contribution in [0, 0.1) is 0 Å². The molecule has 0 amide bonds. The van der Waals surface area contributed by atoms with Crippen LogP contribution in [0.4, 0.5) is 5.69 Å². The maximum Gasteiger partial charge on any atom is 0.157 e. The summed E-state index contributed by atoms with van der Waals surface area (Å²) in [4.78, 5) is 0. The molecular formula is C11H15NO3S. The van der Waals surface area contributed by atoms with Gasteiger partial charge in [-0.25, -0.2) is 8.42 Å². The van der Waals surface area contributed by atoms with Gasteiger partial charge in [-0.15, -0.1) is 6.58 Å². The van der Waals surface area contributed by atoms with Crippen molar-refractivity contribution in [2.24, 2.45) is 0 Å². The van der Waals surface area contributed by atoms with Crippen LogP contribution in [0.1, 0.15) is 0 Å². The molecule has 0 saturated heterocycles. The number of nitrogen functional groups attached to an aromatic ring is 1. The van der Waals surface area contributed by atoms with Gasteiger partial charge in [0, 0.05) is 11.8 Å². The minimum absolute atomic E-state index is 0.0200. The van der Waals surface area contributed by atoms with Crippen LogP contribution in [-0.2, 0) is 9.84 Å². The van der Waals surface area contributed by atoms with Crippen molar-refractivity contribution in [1.82, 2.24) is 0 Å². The summed E-state index contributed by atoms with van der Waals surface area (Å²) < 4.78 is 27.9. The predicted octanol–water partition coefficient (Wildman–Crippen LogP) is 1.25. The molecule has 0 aromatic heterocycles. The third-order valence-electron chi connectivity index (χ3n) is 1.89. The van der Waals surface area contributed by atoms with E-state index in [9.17, 15) is 8.42 Å². The van der Waals surface area contributed by atoms with Gasteiger partial charge in [0.05, 0.1) is 11.5 Å². The number of benzene rings is 1. The van der Waals surface area contributed by atoms with E-state index in [0.717, 1.165) is 0 Å². The zero-order chi connectivity index (χ0) is 12.0. The van der Waals surface area contributed by atoms with Crippen LogP contribution in [0.3, 0.4) is 0 Å². The Hall–Kier alpha value is -1.49. The Bertz CT molecular complexity index is 454. The second-order valence-corrected chi connectivity index (χ2v) is 5.55. The van der Waals surface area contributed by atoms with E-state index < -0.39 is 9.84 Å². The van der Waals surface area contributed by atoms with Gasteiger partial charge >= 0.3 is 0 Å². The van der Waals surface area contributed by atoms with Gasteiger partial charge in [0.15, 0.2) is 9.84 Å². The fourth-order valence-corrected chi connectivity index (χ4v) is 2.02. The van der Waals surface area contributed by atoms with Crippen LogP contribution in [0.2, 0.25) is 0 Å². The lowest BCUT2D eigenvalue weighted by Crippen LogP contribution is -2.16. The SMILES string of the molecule is C=CCS(=O)(=O)CCOc1cccc(N)c1. The van der Waals surface area contributed by atoms with Crippen molar-refractivity contribution in [2.75, 3.05) is 23.8 Å². The Morgan fingerprint density at radius 3 is 2.81 bits per heavy atom. The third-order valence-corrected chi connectivity index (χ3v) is 3.43. The number of rotatable bonds is 6. The molecule has 5 heteroatoms. The lowest BCUT2D eigenvalue weighted by Gasteiger charge is -2.06. The number of anilines is 1. The molecule has 0 saturated carbocycles. The summed E-state index contributed by atoms with van der Waals surface area (Å²) in [5.41, 5.74) is 6.14. The van der Waals surface area contributed by atoms with E-state index in [4.69, 9.17) is 10.5 Å². The molecule has 0 aliphatic carbocycles. The smallest absolute Gasteiger partial charge is 0.157 e. The first kappa shape index (κ1) is 12.6. The summed E-state index contributed by atoms with van der Waals surface area (Å²) in [6, 6.07) is 6.88. The van der Waals surface area contributed by atoms with Gasteiger partial charge in [-0.3, -0.25) is 0 Å². The van der Waals surface area contributed by atoms with Gasteiger partial charge in [0.1, 0.15) is 12.4 Å². The Labute approximate surface area is 95.6 Å². The first-order valence-corrected chi connectivity index (χ1v) is 6.65. The average molecular weight is 241 g/mol. The normalized spacial score (nSPS) is 11.0. The van der Waals surface area contributed by atoms with Crippen LogP contribution in [0.5, 0.6) is 5.75 Å². The first-order chi connectivity index (χ1) is 7.53. The highest BCUT2D eigenvalue weighted by Gasteiger charge is 2.08. The molecule has 0 spiro atoms. The maximum atomic E-state index is 11.3. The third kappa shape index (κ3) is 4.35. The van der Waals surface area contributed by atoms with Gasteiger partial charge in [-0.1, -0.05) is 12.1 Å². The molecule has 0 atom stereocenters. The zero-order valence-corrected chi connectivity index (χ0v) is 9.74. The molecule has 0 unspecified atom stereocenters. The number of ether oxygens (including phenoxy) is 1. The highest BCUT2D eigenvalue weighted by atomic mass is 32.2. The van der Waals surface area contributed by atoms with Crippen LogP contribution in [0.25, 0.3) is 0 Å². The predicted molar refractivity (Wildman–Crippen MR) is 65.2 cm³/mol. The fraction of sp³-hybridized carbons (Fsp3) is 0.273. The second-order valence-electron chi connectivity index (χ2n) is 3.32.